The van der Waals surface area contributed by atoms with E-state index in [0.29, 0.717) is 22.6 Å². The fourth-order valence-corrected chi connectivity index (χ4v) is 3.86. The molecular weight excluding hydrogens is 404 g/mol. The maximum absolute atomic E-state index is 13.2. The summed E-state index contributed by atoms with van der Waals surface area (Å²) in [6.45, 7) is 0. The molecular formula is C26H24N2O4. The lowest BCUT2D eigenvalue weighted by molar-refractivity contribution is -0.132. The number of ether oxygens (including phenoxy) is 1. The number of hydrogen-bond acceptors (Lipinski definition) is 5. The number of aliphatic hydroxyl groups is 1. The third kappa shape index (κ3) is 3.71. The van der Waals surface area contributed by atoms with Gasteiger partial charge in [0.2, 0.25) is 0 Å². The van der Waals surface area contributed by atoms with Gasteiger partial charge in [0.05, 0.1) is 18.7 Å². The minimum atomic E-state index is -0.772. The molecule has 1 aliphatic heterocycles. The highest BCUT2D eigenvalue weighted by Gasteiger charge is 2.46. The minimum Gasteiger partial charge on any atom is -0.507 e. The first-order valence-corrected chi connectivity index (χ1v) is 10.2. The molecule has 1 fully saturated rings. The highest BCUT2D eigenvalue weighted by molar-refractivity contribution is 6.51. The predicted molar refractivity (Wildman–Crippen MR) is 125 cm³/mol. The molecule has 1 aliphatic rings. The molecule has 0 radical (unpaired) electrons. The average molecular weight is 428 g/mol. The fraction of sp³-hybridized carbons (Fsp3) is 0.154. The molecule has 6 heteroatoms. The molecule has 0 aliphatic carbocycles. The zero-order valence-corrected chi connectivity index (χ0v) is 18.1. The summed E-state index contributed by atoms with van der Waals surface area (Å²) in [6.07, 6.45) is 0. The van der Waals surface area contributed by atoms with Gasteiger partial charge in [-0.25, -0.2) is 0 Å². The lowest BCUT2D eigenvalue weighted by Crippen LogP contribution is -2.29. The Bertz CT molecular complexity index is 1170. The van der Waals surface area contributed by atoms with E-state index < -0.39 is 17.7 Å². The summed E-state index contributed by atoms with van der Waals surface area (Å²) in [5, 5.41) is 11.1. The molecule has 1 heterocycles. The van der Waals surface area contributed by atoms with Gasteiger partial charge in [0.25, 0.3) is 11.7 Å². The predicted octanol–water partition coefficient (Wildman–Crippen LogP) is 4.39. The van der Waals surface area contributed by atoms with Crippen molar-refractivity contribution in [3.05, 3.63) is 95.6 Å². The van der Waals surface area contributed by atoms with Crippen LogP contribution in [0.1, 0.15) is 17.2 Å². The van der Waals surface area contributed by atoms with Crippen molar-refractivity contribution >= 4 is 28.8 Å². The summed E-state index contributed by atoms with van der Waals surface area (Å²) in [5.74, 6) is -0.939. The fourth-order valence-electron chi connectivity index (χ4n) is 3.86. The van der Waals surface area contributed by atoms with E-state index in [1.54, 1.807) is 67.8 Å². The summed E-state index contributed by atoms with van der Waals surface area (Å²) in [6, 6.07) is 22.5. The number of methoxy groups -OCH3 is 1. The molecule has 6 nitrogen and oxygen atoms in total. The molecule has 0 spiro atoms. The summed E-state index contributed by atoms with van der Waals surface area (Å²) in [4.78, 5) is 29.7. The molecule has 0 aromatic heterocycles. The summed E-state index contributed by atoms with van der Waals surface area (Å²) < 4.78 is 5.25. The zero-order chi connectivity index (χ0) is 22.8. The van der Waals surface area contributed by atoms with Gasteiger partial charge < -0.3 is 14.7 Å². The van der Waals surface area contributed by atoms with Gasteiger partial charge in [-0.3, -0.25) is 14.5 Å². The average Bonchev–Trinajstić information content (AvgIpc) is 3.09. The van der Waals surface area contributed by atoms with E-state index in [0.717, 1.165) is 5.69 Å². The number of amides is 1. The summed E-state index contributed by atoms with van der Waals surface area (Å²) >= 11 is 0. The Morgan fingerprint density at radius 2 is 1.53 bits per heavy atom. The van der Waals surface area contributed by atoms with Crippen LogP contribution in [0, 0.1) is 0 Å². The maximum atomic E-state index is 13.2. The molecule has 1 unspecified atom stereocenters. The molecule has 162 valence electrons. The molecule has 4 rings (SSSR count). The van der Waals surface area contributed by atoms with Crippen LogP contribution in [-0.2, 0) is 9.59 Å². The van der Waals surface area contributed by atoms with Crippen LogP contribution in [-0.4, -0.2) is 38.0 Å². The smallest absolute Gasteiger partial charge is 0.300 e. The second kappa shape index (κ2) is 8.59. The van der Waals surface area contributed by atoms with Crippen molar-refractivity contribution in [2.75, 3.05) is 31.0 Å². The Morgan fingerprint density at radius 3 is 2.09 bits per heavy atom. The lowest BCUT2D eigenvalue weighted by atomic mass is 9.95. The number of ketones is 1. The van der Waals surface area contributed by atoms with Gasteiger partial charge in [-0.2, -0.15) is 0 Å². The van der Waals surface area contributed by atoms with Gasteiger partial charge in [0.1, 0.15) is 11.5 Å². The number of carbonyl (C=O) groups is 2. The highest BCUT2D eigenvalue weighted by Crippen LogP contribution is 2.42. The summed E-state index contributed by atoms with van der Waals surface area (Å²) in [5.41, 5.74) is 2.77. The number of aliphatic hydroxyl groups excluding tert-OH is 1. The van der Waals surface area contributed by atoms with Crippen molar-refractivity contribution in [2.45, 2.75) is 6.04 Å². The van der Waals surface area contributed by atoms with Gasteiger partial charge in [0, 0.05) is 31.0 Å². The molecule has 1 N–H and O–H groups in total. The molecule has 3 aromatic carbocycles. The van der Waals surface area contributed by atoms with Crippen molar-refractivity contribution in [1.82, 2.24) is 0 Å². The van der Waals surface area contributed by atoms with Crippen LogP contribution in [0.3, 0.4) is 0 Å². The van der Waals surface area contributed by atoms with E-state index in [1.165, 1.54) is 4.90 Å². The van der Waals surface area contributed by atoms with E-state index in [9.17, 15) is 14.7 Å². The number of anilines is 2. The van der Waals surface area contributed by atoms with Gasteiger partial charge in [-0.15, -0.1) is 0 Å². The van der Waals surface area contributed by atoms with Crippen molar-refractivity contribution in [2.24, 2.45) is 0 Å². The molecule has 0 saturated carbocycles. The molecule has 1 atom stereocenters. The van der Waals surface area contributed by atoms with Crippen LogP contribution in [0.2, 0.25) is 0 Å². The monoisotopic (exact) mass is 428 g/mol. The number of benzene rings is 3. The van der Waals surface area contributed by atoms with Crippen LogP contribution in [0.4, 0.5) is 11.4 Å². The van der Waals surface area contributed by atoms with Crippen molar-refractivity contribution in [3.8, 4) is 5.75 Å². The van der Waals surface area contributed by atoms with Gasteiger partial charge in [-0.1, -0.05) is 42.5 Å². The lowest BCUT2D eigenvalue weighted by Gasteiger charge is -2.26. The Hall–Kier alpha value is -4.06. The number of carbonyl (C=O) groups excluding carboxylic acids is 2. The molecule has 32 heavy (non-hydrogen) atoms. The Labute approximate surface area is 187 Å². The Balaban J connectivity index is 1.89. The number of hydrogen-bond donors (Lipinski definition) is 1. The van der Waals surface area contributed by atoms with Gasteiger partial charge >= 0.3 is 0 Å². The number of rotatable bonds is 5. The van der Waals surface area contributed by atoms with Gasteiger partial charge in [-0.05, 0) is 42.0 Å². The normalized spacial score (nSPS) is 17.5. The SMILES string of the molecule is COc1ccc(C2/C(=C(\O)c3ccccc3)C(=O)C(=O)N2c2ccc(N(C)C)cc2)cc1. The molecule has 3 aromatic rings. The first kappa shape index (κ1) is 21.2. The standard InChI is InChI=1S/C26H24N2O4/c1-27(2)19-11-13-20(14-12-19)28-23(17-9-15-21(32-3)16-10-17)22(25(30)26(28)31)24(29)18-7-5-4-6-8-18/h4-16,23,29H,1-3H3/b24-22+. The maximum Gasteiger partial charge on any atom is 0.300 e. The van der Waals surface area contributed by atoms with Crippen molar-refractivity contribution < 1.29 is 19.4 Å². The van der Waals surface area contributed by atoms with E-state index >= 15 is 0 Å². The van der Waals surface area contributed by atoms with Crippen LogP contribution in [0.15, 0.2) is 84.4 Å². The number of Topliss-reactive ketones (excluding diaryl/α,β-unsaturated/α-hetero) is 1. The Kier molecular flexibility index (Phi) is 5.69. The first-order valence-electron chi connectivity index (χ1n) is 10.2. The molecule has 1 saturated heterocycles. The van der Waals surface area contributed by atoms with Gasteiger partial charge in [0.15, 0.2) is 0 Å². The quantitative estimate of drug-likeness (QED) is 0.371. The molecule has 1 amide bonds. The minimum absolute atomic E-state index is 0.0584. The third-order valence-corrected chi connectivity index (χ3v) is 5.57. The van der Waals surface area contributed by atoms with Crippen molar-refractivity contribution in [3.63, 3.8) is 0 Å². The first-order chi connectivity index (χ1) is 15.4. The largest absolute Gasteiger partial charge is 0.507 e. The number of nitrogens with zero attached hydrogens (tertiary/aromatic N) is 2. The second-order valence-electron chi connectivity index (χ2n) is 7.72. The zero-order valence-electron chi connectivity index (χ0n) is 18.1. The second-order valence-corrected chi connectivity index (χ2v) is 7.72. The van der Waals surface area contributed by atoms with Crippen LogP contribution < -0.4 is 14.5 Å². The van der Waals surface area contributed by atoms with E-state index in [2.05, 4.69) is 0 Å². The summed E-state index contributed by atoms with van der Waals surface area (Å²) in [7, 11) is 5.43. The topological polar surface area (TPSA) is 70.1 Å². The van der Waals surface area contributed by atoms with E-state index in [4.69, 9.17) is 4.74 Å². The van der Waals surface area contributed by atoms with Crippen LogP contribution in [0.25, 0.3) is 5.76 Å². The van der Waals surface area contributed by atoms with Crippen molar-refractivity contribution in [1.29, 1.82) is 0 Å². The third-order valence-electron chi connectivity index (χ3n) is 5.57. The van der Waals surface area contributed by atoms with E-state index in [-0.39, 0.29) is 11.3 Å². The van der Waals surface area contributed by atoms with E-state index in [1.807, 2.05) is 37.2 Å². The van der Waals surface area contributed by atoms with Crippen LogP contribution in [0.5, 0.6) is 5.75 Å². The molecule has 0 bridgehead atoms. The highest BCUT2D eigenvalue weighted by atomic mass is 16.5. The van der Waals surface area contributed by atoms with Crippen LogP contribution >= 0.6 is 0 Å². The Morgan fingerprint density at radius 1 is 0.906 bits per heavy atom.